The predicted molar refractivity (Wildman–Crippen MR) is 128 cm³/mol. The van der Waals surface area contributed by atoms with Crippen molar-refractivity contribution < 1.29 is 67.3 Å². The monoisotopic (exact) mass is 577 g/mol. The second-order valence-corrected chi connectivity index (χ2v) is 9.04. The van der Waals surface area contributed by atoms with E-state index in [0.29, 0.717) is 0 Å². The second-order valence-electron chi connectivity index (χ2n) is 9.04. The molecule has 17 nitrogen and oxygen atoms in total. The second kappa shape index (κ2) is 15.7. The molecular formula is C23H35N3O14. The molecule has 2 N–H and O–H groups in total. The van der Waals surface area contributed by atoms with Gasteiger partial charge in [-0.3, -0.25) is 19.2 Å². The number of aliphatic hydroxyl groups excluding tert-OH is 2. The fourth-order valence-corrected chi connectivity index (χ4v) is 4.14. The van der Waals surface area contributed by atoms with E-state index in [2.05, 4.69) is 10.0 Å². The summed E-state index contributed by atoms with van der Waals surface area (Å²) in [4.78, 5) is 49.5. The molecule has 2 heterocycles. The Morgan fingerprint density at radius 3 is 2.00 bits per heavy atom. The lowest BCUT2D eigenvalue weighted by Gasteiger charge is -2.47. The molecule has 0 amide bonds. The molecule has 2 aliphatic rings. The zero-order valence-electron chi connectivity index (χ0n) is 22.7. The molecule has 0 aliphatic carbocycles. The van der Waals surface area contributed by atoms with Gasteiger partial charge in [-0.15, -0.1) is 0 Å². The predicted octanol–water partition coefficient (Wildman–Crippen LogP) is -0.362. The van der Waals surface area contributed by atoms with E-state index in [-0.39, 0.29) is 19.6 Å². The minimum atomic E-state index is -1.70. The minimum absolute atomic E-state index is 0.0352. The van der Waals surface area contributed by atoms with Crippen molar-refractivity contribution >= 4 is 23.9 Å². The van der Waals surface area contributed by atoms with E-state index in [1.165, 1.54) is 6.92 Å². The molecule has 10 atom stereocenters. The van der Waals surface area contributed by atoms with Crippen LogP contribution in [0.2, 0.25) is 0 Å². The summed E-state index contributed by atoms with van der Waals surface area (Å²) in [6.07, 6.45) is -13.7. The average molecular weight is 578 g/mol. The van der Waals surface area contributed by atoms with Gasteiger partial charge in [0.05, 0.1) is 6.10 Å². The van der Waals surface area contributed by atoms with Crippen LogP contribution in [-0.2, 0) is 57.1 Å². The molecule has 0 radical (unpaired) electrons. The molecule has 0 bridgehead atoms. The molecule has 40 heavy (non-hydrogen) atoms. The highest BCUT2D eigenvalue weighted by Crippen LogP contribution is 2.33. The van der Waals surface area contributed by atoms with Crippen LogP contribution in [0.5, 0.6) is 0 Å². The maximum Gasteiger partial charge on any atom is 0.303 e. The van der Waals surface area contributed by atoms with E-state index in [1.54, 1.807) is 0 Å². The molecule has 0 aromatic carbocycles. The van der Waals surface area contributed by atoms with Gasteiger partial charge in [0.15, 0.2) is 30.9 Å². The Kier molecular flexibility index (Phi) is 13.0. The fraction of sp³-hybridized carbons (Fsp3) is 0.826. The van der Waals surface area contributed by atoms with Gasteiger partial charge in [-0.05, 0) is 18.9 Å². The van der Waals surface area contributed by atoms with Gasteiger partial charge in [-0.1, -0.05) is 5.11 Å². The Morgan fingerprint density at radius 1 is 0.825 bits per heavy atom. The fourth-order valence-electron chi connectivity index (χ4n) is 4.14. The number of nitrogens with zero attached hydrogens (tertiary/aromatic N) is 3. The van der Waals surface area contributed by atoms with Crippen molar-refractivity contribution in [2.75, 3.05) is 19.8 Å². The summed E-state index contributed by atoms with van der Waals surface area (Å²) in [7, 11) is 0. The summed E-state index contributed by atoms with van der Waals surface area (Å²) in [6.45, 7) is 5.61. The molecule has 17 heteroatoms. The zero-order valence-corrected chi connectivity index (χ0v) is 22.7. The van der Waals surface area contributed by atoms with Gasteiger partial charge in [-0.2, -0.15) is 0 Å². The van der Waals surface area contributed by atoms with Gasteiger partial charge in [0.25, 0.3) is 0 Å². The third-order valence-corrected chi connectivity index (χ3v) is 5.77. The summed E-state index contributed by atoms with van der Waals surface area (Å²) in [5.74, 6) is -2.96. The van der Waals surface area contributed by atoms with E-state index in [4.69, 9.17) is 43.4 Å². The van der Waals surface area contributed by atoms with Crippen molar-refractivity contribution in [2.24, 2.45) is 5.11 Å². The summed E-state index contributed by atoms with van der Waals surface area (Å²) < 4.78 is 44.0. The first-order valence-corrected chi connectivity index (χ1v) is 12.5. The molecule has 2 saturated heterocycles. The van der Waals surface area contributed by atoms with Crippen LogP contribution in [0.4, 0.5) is 0 Å². The van der Waals surface area contributed by atoms with Crippen molar-refractivity contribution in [1.82, 2.24) is 0 Å². The van der Waals surface area contributed by atoms with E-state index < -0.39 is 91.9 Å². The van der Waals surface area contributed by atoms with Crippen molar-refractivity contribution in [3.63, 3.8) is 0 Å². The van der Waals surface area contributed by atoms with Crippen LogP contribution < -0.4 is 0 Å². The third kappa shape index (κ3) is 9.55. The smallest absolute Gasteiger partial charge is 0.303 e. The number of azide groups is 1. The van der Waals surface area contributed by atoms with E-state index >= 15 is 0 Å². The van der Waals surface area contributed by atoms with Crippen molar-refractivity contribution in [3.05, 3.63) is 10.4 Å². The average Bonchev–Trinajstić information content (AvgIpc) is 2.85. The quantitative estimate of drug-likeness (QED) is 0.0753. The summed E-state index contributed by atoms with van der Waals surface area (Å²) >= 11 is 0. The maximum absolute atomic E-state index is 12.0. The largest absolute Gasteiger partial charge is 0.463 e. The first-order chi connectivity index (χ1) is 18.8. The van der Waals surface area contributed by atoms with Crippen LogP contribution in [0.3, 0.4) is 0 Å². The number of ether oxygens (including phenoxy) is 8. The summed E-state index contributed by atoms with van der Waals surface area (Å²) in [5, 5.41) is 25.0. The summed E-state index contributed by atoms with van der Waals surface area (Å²) in [5.41, 5.74) is 8.45. The molecule has 0 unspecified atom stereocenters. The molecular weight excluding hydrogens is 542 g/mol. The minimum Gasteiger partial charge on any atom is -0.463 e. The highest BCUT2D eigenvalue weighted by Gasteiger charge is 2.54. The van der Waals surface area contributed by atoms with E-state index in [1.807, 2.05) is 0 Å². The lowest BCUT2D eigenvalue weighted by atomic mass is 9.97. The van der Waals surface area contributed by atoms with Crippen molar-refractivity contribution in [2.45, 2.75) is 102 Å². The Labute approximate surface area is 229 Å². The molecule has 2 fully saturated rings. The van der Waals surface area contributed by atoms with Crippen LogP contribution in [0.1, 0.15) is 41.0 Å². The van der Waals surface area contributed by atoms with Gasteiger partial charge < -0.3 is 48.1 Å². The van der Waals surface area contributed by atoms with Crippen LogP contribution in [0, 0.1) is 0 Å². The SMILES string of the molecule is CC(=O)OC[C@H]1O[C@@H](OCCCN=[N+]=[N-])[C@H](O[C@@H]2O[C@@H](C)[C@H](OC(C)=O)[C@@H](OC(C)=O)[C@H]2OC(C)=O)[C@@H](O)[C@@H]1O. The van der Waals surface area contributed by atoms with Crippen LogP contribution >= 0.6 is 0 Å². The first-order valence-electron chi connectivity index (χ1n) is 12.5. The lowest BCUT2D eigenvalue weighted by molar-refractivity contribution is -0.365. The Balaban J connectivity index is 2.36. The van der Waals surface area contributed by atoms with E-state index in [9.17, 15) is 29.4 Å². The van der Waals surface area contributed by atoms with Crippen LogP contribution in [0.25, 0.3) is 10.4 Å². The number of hydrogen-bond donors (Lipinski definition) is 2. The Morgan fingerprint density at radius 2 is 1.43 bits per heavy atom. The zero-order chi connectivity index (χ0) is 30.0. The maximum atomic E-state index is 12.0. The molecule has 0 aromatic heterocycles. The number of aliphatic hydroxyl groups is 2. The molecule has 2 aliphatic heterocycles. The van der Waals surface area contributed by atoms with Gasteiger partial charge in [0, 0.05) is 45.8 Å². The number of hydrogen-bond acceptors (Lipinski definition) is 15. The molecule has 0 saturated carbocycles. The van der Waals surface area contributed by atoms with Gasteiger partial charge in [-0.25, -0.2) is 0 Å². The van der Waals surface area contributed by atoms with Crippen LogP contribution in [-0.4, -0.2) is 115 Å². The normalized spacial score (nSPS) is 33.7. The van der Waals surface area contributed by atoms with Gasteiger partial charge in [0.1, 0.15) is 31.0 Å². The third-order valence-electron chi connectivity index (χ3n) is 5.77. The standard InChI is InChI=1S/C23H35N3O14/c1-10-18(36-12(3)28)20(37-13(4)29)21(38-14(5)30)23(35-10)40-19-17(32)16(31)15(9-34-11(2)27)39-22(19)33-8-6-7-25-26-24/h10,15-23,31-32H,6-9H2,1-5H3/t10-,15+,16+,17-,18-,19+,20+,21+,22+,23-/m0/s1. The van der Waals surface area contributed by atoms with Crippen LogP contribution in [0.15, 0.2) is 5.11 Å². The summed E-state index contributed by atoms with van der Waals surface area (Å²) in [6, 6.07) is 0. The Bertz CT molecular complexity index is 944. The molecule has 2 rings (SSSR count). The number of esters is 4. The highest BCUT2D eigenvalue weighted by atomic mass is 16.8. The lowest BCUT2D eigenvalue weighted by Crippen LogP contribution is -2.65. The highest BCUT2D eigenvalue weighted by molar-refractivity contribution is 5.68. The van der Waals surface area contributed by atoms with Gasteiger partial charge in [0.2, 0.25) is 0 Å². The molecule has 0 aromatic rings. The first kappa shape index (κ1) is 33.2. The van der Waals surface area contributed by atoms with E-state index in [0.717, 1.165) is 27.7 Å². The number of carbonyl (C=O) groups is 4. The van der Waals surface area contributed by atoms with Crippen molar-refractivity contribution in [3.8, 4) is 0 Å². The molecule has 226 valence electrons. The van der Waals surface area contributed by atoms with Crippen molar-refractivity contribution in [1.29, 1.82) is 0 Å². The van der Waals surface area contributed by atoms with Gasteiger partial charge >= 0.3 is 23.9 Å². The number of carbonyl (C=O) groups excluding carboxylic acids is 4. The Hall–Kier alpha value is -3.05. The number of rotatable bonds is 12. The topological polar surface area (TPSA) is 231 Å². The molecule has 0 spiro atoms.